The third-order valence-corrected chi connectivity index (χ3v) is 2.23. The van der Waals surface area contributed by atoms with E-state index in [1.54, 1.807) is 17.0 Å². The Morgan fingerprint density at radius 3 is 2.86 bits per heavy atom. The Kier molecular flexibility index (Phi) is 2.15. The molecule has 0 N–H and O–H groups in total. The molecule has 2 heterocycles. The summed E-state index contributed by atoms with van der Waals surface area (Å²) in [4.78, 5) is 17.1. The molecule has 0 aliphatic carbocycles. The van der Waals surface area contributed by atoms with Gasteiger partial charge in [0.25, 0.3) is 0 Å². The van der Waals surface area contributed by atoms with E-state index in [9.17, 15) is 4.79 Å². The molecule has 0 saturated carbocycles. The number of aromatic nitrogens is 1. The lowest BCUT2D eigenvalue weighted by Crippen LogP contribution is -2.24. The Hall–Kier alpha value is -1.89. The molecule has 1 aromatic heterocycles. The summed E-state index contributed by atoms with van der Waals surface area (Å²) < 4.78 is 0. The largest absolute Gasteiger partial charge is 0.297 e. The highest BCUT2D eigenvalue weighted by atomic mass is 16.2. The fraction of sp³-hybridized carbons (Fsp3) is 0.300. The van der Waals surface area contributed by atoms with E-state index in [2.05, 4.69) is 4.98 Å². The third-order valence-electron chi connectivity index (χ3n) is 2.23. The quantitative estimate of drug-likeness (QED) is 0.661. The van der Waals surface area contributed by atoms with Crippen LogP contribution < -0.4 is 4.90 Å². The van der Waals surface area contributed by atoms with Crippen molar-refractivity contribution in [2.24, 2.45) is 0 Å². The van der Waals surface area contributed by atoms with Crippen molar-refractivity contribution in [2.45, 2.75) is 12.8 Å². The van der Waals surface area contributed by atoms with Gasteiger partial charge in [-0.05, 0) is 18.6 Å². The highest BCUT2D eigenvalue weighted by molar-refractivity contribution is 5.94. The smallest absolute Gasteiger partial charge is 0.228 e. The number of amides is 1. The average molecular weight is 187 g/mol. The van der Waals surface area contributed by atoms with Gasteiger partial charge in [-0.15, -0.1) is 0 Å². The number of hydrogen-bond acceptors (Lipinski definition) is 3. The van der Waals surface area contributed by atoms with E-state index in [-0.39, 0.29) is 5.91 Å². The van der Waals surface area contributed by atoms with Crippen molar-refractivity contribution in [3.63, 3.8) is 0 Å². The number of carbonyl (C=O) groups excluding carboxylic acids is 1. The monoisotopic (exact) mass is 187 g/mol. The van der Waals surface area contributed by atoms with Gasteiger partial charge in [-0.2, -0.15) is 5.26 Å². The molecule has 4 nitrogen and oxygen atoms in total. The summed E-state index contributed by atoms with van der Waals surface area (Å²) in [6.45, 7) is 0.734. The zero-order chi connectivity index (χ0) is 9.97. The first-order valence-corrected chi connectivity index (χ1v) is 4.48. The topological polar surface area (TPSA) is 57.0 Å². The summed E-state index contributed by atoms with van der Waals surface area (Å²) in [7, 11) is 0. The van der Waals surface area contributed by atoms with Crippen molar-refractivity contribution < 1.29 is 4.79 Å². The van der Waals surface area contributed by atoms with Crippen LogP contribution in [0.4, 0.5) is 5.82 Å². The molecular formula is C10H9N3O. The highest BCUT2D eigenvalue weighted by Crippen LogP contribution is 2.18. The molecule has 1 fully saturated rings. The van der Waals surface area contributed by atoms with Gasteiger partial charge in [-0.3, -0.25) is 9.69 Å². The Morgan fingerprint density at radius 1 is 1.50 bits per heavy atom. The highest BCUT2D eigenvalue weighted by Gasteiger charge is 2.22. The van der Waals surface area contributed by atoms with Crippen LogP contribution >= 0.6 is 0 Å². The molecular weight excluding hydrogens is 178 g/mol. The molecule has 0 unspecified atom stereocenters. The molecule has 14 heavy (non-hydrogen) atoms. The van der Waals surface area contributed by atoms with Crippen LogP contribution in [0.15, 0.2) is 18.3 Å². The maximum absolute atomic E-state index is 11.4. The summed E-state index contributed by atoms with van der Waals surface area (Å²) in [5, 5.41) is 8.58. The summed E-state index contributed by atoms with van der Waals surface area (Å²) >= 11 is 0. The number of anilines is 1. The maximum Gasteiger partial charge on any atom is 0.228 e. The minimum Gasteiger partial charge on any atom is -0.297 e. The van der Waals surface area contributed by atoms with E-state index in [1.165, 1.54) is 6.20 Å². The van der Waals surface area contributed by atoms with Gasteiger partial charge < -0.3 is 0 Å². The van der Waals surface area contributed by atoms with Crippen LogP contribution in [0.3, 0.4) is 0 Å². The number of carbonyl (C=O) groups is 1. The van der Waals surface area contributed by atoms with Crippen molar-refractivity contribution in [2.75, 3.05) is 11.4 Å². The Labute approximate surface area is 81.8 Å². The zero-order valence-electron chi connectivity index (χ0n) is 7.60. The summed E-state index contributed by atoms with van der Waals surface area (Å²) in [5.41, 5.74) is 0.514. The Morgan fingerprint density at radius 2 is 2.36 bits per heavy atom. The van der Waals surface area contributed by atoms with E-state index in [1.807, 2.05) is 6.07 Å². The van der Waals surface area contributed by atoms with Crippen molar-refractivity contribution in [3.05, 3.63) is 23.9 Å². The van der Waals surface area contributed by atoms with E-state index in [0.29, 0.717) is 17.8 Å². The fourth-order valence-electron chi connectivity index (χ4n) is 1.50. The number of pyridine rings is 1. The molecule has 4 heteroatoms. The summed E-state index contributed by atoms with van der Waals surface area (Å²) in [6.07, 6.45) is 2.98. The number of nitrogens with zero attached hydrogens (tertiary/aromatic N) is 3. The van der Waals surface area contributed by atoms with Crippen LogP contribution in [0.1, 0.15) is 18.4 Å². The lowest BCUT2D eigenvalue weighted by atomic mass is 10.3. The van der Waals surface area contributed by atoms with Gasteiger partial charge in [0.1, 0.15) is 11.9 Å². The second-order valence-corrected chi connectivity index (χ2v) is 3.17. The van der Waals surface area contributed by atoms with Crippen molar-refractivity contribution >= 4 is 11.7 Å². The second-order valence-electron chi connectivity index (χ2n) is 3.17. The van der Waals surface area contributed by atoms with Crippen molar-refractivity contribution in [1.82, 2.24) is 4.98 Å². The number of rotatable bonds is 1. The first kappa shape index (κ1) is 8.70. The molecule has 1 amide bonds. The van der Waals surface area contributed by atoms with Gasteiger partial charge in [-0.25, -0.2) is 4.98 Å². The van der Waals surface area contributed by atoms with Crippen LogP contribution in [-0.4, -0.2) is 17.4 Å². The zero-order valence-corrected chi connectivity index (χ0v) is 7.60. The SMILES string of the molecule is N#Cc1ccc(N2CCCC2=O)nc1. The van der Waals surface area contributed by atoms with Crippen LogP contribution in [0.5, 0.6) is 0 Å². The maximum atomic E-state index is 11.4. The minimum atomic E-state index is 0.113. The second kappa shape index (κ2) is 3.46. The molecule has 0 radical (unpaired) electrons. The van der Waals surface area contributed by atoms with Crippen LogP contribution in [0.25, 0.3) is 0 Å². The molecule has 0 spiro atoms. The molecule has 1 aliphatic heterocycles. The van der Waals surface area contributed by atoms with Crippen molar-refractivity contribution in [1.29, 1.82) is 5.26 Å². The molecule has 1 aromatic rings. The molecule has 2 rings (SSSR count). The van der Waals surface area contributed by atoms with Crippen LogP contribution in [0, 0.1) is 11.3 Å². The molecule has 0 aromatic carbocycles. The fourth-order valence-corrected chi connectivity index (χ4v) is 1.50. The summed E-state index contributed by atoms with van der Waals surface area (Å²) in [6, 6.07) is 5.37. The molecule has 1 saturated heterocycles. The third kappa shape index (κ3) is 1.44. The number of hydrogen-bond donors (Lipinski definition) is 0. The molecule has 0 atom stereocenters. The first-order chi connectivity index (χ1) is 6.81. The predicted octanol–water partition coefficient (Wildman–Crippen LogP) is 1.08. The summed E-state index contributed by atoms with van der Waals surface area (Å²) in [5.74, 6) is 0.758. The number of nitriles is 1. The van der Waals surface area contributed by atoms with Gasteiger partial charge in [0.15, 0.2) is 0 Å². The normalized spacial score (nSPS) is 15.6. The first-order valence-electron chi connectivity index (χ1n) is 4.48. The van der Waals surface area contributed by atoms with Gasteiger partial charge in [0.2, 0.25) is 5.91 Å². The van der Waals surface area contributed by atoms with E-state index < -0.39 is 0 Å². The lowest BCUT2D eigenvalue weighted by Gasteiger charge is -2.13. The lowest BCUT2D eigenvalue weighted by molar-refractivity contribution is -0.117. The van der Waals surface area contributed by atoms with Gasteiger partial charge in [0, 0.05) is 19.2 Å². The molecule has 1 aliphatic rings. The van der Waals surface area contributed by atoms with Gasteiger partial charge in [-0.1, -0.05) is 0 Å². The molecule has 0 bridgehead atoms. The standard InChI is InChI=1S/C10H9N3O/c11-6-8-3-4-9(12-7-8)13-5-1-2-10(13)14/h3-4,7H,1-2,5H2. The van der Waals surface area contributed by atoms with E-state index >= 15 is 0 Å². The van der Waals surface area contributed by atoms with Crippen LogP contribution in [-0.2, 0) is 4.79 Å². The van der Waals surface area contributed by atoms with E-state index in [0.717, 1.165) is 13.0 Å². The van der Waals surface area contributed by atoms with Gasteiger partial charge >= 0.3 is 0 Å². The Balaban J connectivity index is 2.25. The van der Waals surface area contributed by atoms with E-state index in [4.69, 9.17) is 5.26 Å². The predicted molar refractivity (Wildman–Crippen MR) is 50.5 cm³/mol. The average Bonchev–Trinajstić information content (AvgIpc) is 2.65. The molecule has 70 valence electrons. The minimum absolute atomic E-state index is 0.113. The van der Waals surface area contributed by atoms with Crippen LogP contribution in [0.2, 0.25) is 0 Å². The Bertz CT molecular complexity index is 391. The van der Waals surface area contributed by atoms with Crippen molar-refractivity contribution in [3.8, 4) is 6.07 Å². The van der Waals surface area contributed by atoms with Gasteiger partial charge in [0.05, 0.1) is 5.56 Å².